The second-order valence-corrected chi connectivity index (χ2v) is 6.73. The molecule has 1 aromatic carbocycles. The van der Waals surface area contributed by atoms with Crippen molar-refractivity contribution in [2.75, 3.05) is 11.9 Å². The fourth-order valence-electron chi connectivity index (χ4n) is 1.91. The molecule has 0 aliphatic heterocycles. The summed E-state index contributed by atoms with van der Waals surface area (Å²) >= 11 is 4.59. The van der Waals surface area contributed by atoms with E-state index in [1.807, 2.05) is 0 Å². The monoisotopic (exact) mass is 425 g/mol. The van der Waals surface area contributed by atoms with Crippen molar-refractivity contribution in [3.63, 3.8) is 0 Å². The number of halogens is 2. The van der Waals surface area contributed by atoms with Crippen molar-refractivity contribution in [1.29, 1.82) is 0 Å². The van der Waals surface area contributed by atoms with Crippen molar-refractivity contribution in [2.45, 2.75) is 6.10 Å². The van der Waals surface area contributed by atoms with E-state index in [2.05, 4.69) is 31.2 Å². The van der Waals surface area contributed by atoms with Gasteiger partial charge >= 0.3 is 0 Å². The Hall–Kier alpha value is -2.07. The van der Waals surface area contributed by atoms with Crippen LogP contribution in [0.5, 0.6) is 11.5 Å². The van der Waals surface area contributed by atoms with Crippen LogP contribution in [0.25, 0.3) is 0 Å². The number of nitrogens with one attached hydrogen (secondary N) is 1. The van der Waals surface area contributed by atoms with Crippen LogP contribution in [0.15, 0.2) is 46.4 Å². The summed E-state index contributed by atoms with van der Waals surface area (Å²) < 4.78 is 19.5. The maximum Gasteiger partial charge on any atom is 0.188 e. The Balaban J connectivity index is 1.83. The zero-order valence-electron chi connectivity index (χ0n) is 12.7. The fourth-order valence-corrected chi connectivity index (χ4v) is 2.98. The molecule has 0 saturated heterocycles. The lowest BCUT2D eigenvalue weighted by Crippen LogP contribution is -2.03. The second-order valence-electron chi connectivity index (χ2n) is 4.96. The van der Waals surface area contributed by atoms with Crippen molar-refractivity contribution in [1.82, 2.24) is 9.97 Å². The molecule has 0 aliphatic rings. The largest absolute Gasteiger partial charge is 0.453 e. The van der Waals surface area contributed by atoms with Gasteiger partial charge in [-0.2, -0.15) is 0 Å². The molecule has 3 aromatic rings. The Morgan fingerprint density at radius 2 is 2.08 bits per heavy atom. The molecule has 0 fully saturated rings. The molecule has 3 rings (SSSR count). The van der Waals surface area contributed by atoms with Gasteiger partial charge in [-0.15, -0.1) is 11.3 Å². The average Bonchev–Trinajstić information content (AvgIpc) is 3.07. The Kier molecular flexibility index (Phi) is 5.59. The van der Waals surface area contributed by atoms with Gasteiger partial charge in [-0.1, -0.05) is 0 Å². The van der Waals surface area contributed by atoms with E-state index in [9.17, 15) is 9.50 Å². The number of hydrogen-bond donors (Lipinski definition) is 3. The normalized spacial score (nSPS) is 12.0. The van der Waals surface area contributed by atoms with E-state index < -0.39 is 12.7 Å². The van der Waals surface area contributed by atoms with Crippen LogP contribution in [-0.4, -0.2) is 26.8 Å². The van der Waals surface area contributed by atoms with Crippen LogP contribution in [-0.2, 0) is 0 Å². The number of aliphatic hydroxyl groups is 2. The molecular formula is C16H13BrFN3O3S. The van der Waals surface area contributed by atoms with E-state index >= 15 is 0 Å². The molecule has 130 valence electrons. The first-order valence-corrected chi connectivity index (χ1v) is 8.83. The topological polar surface area (TPSA) is 87.5 Å². The van der Waals surface area contributed by atoms with Crippen LogP contribution in [0, 0.1) is 5.82 Å². The van der Waals surface area contributed by atoms with E-state index in [1.54, 1.807) is 17.6 Å². The van der Waals surface area contributed by atoms with Gasteiger partial charge in [0, 0.05) is 22.1 Å². The molecule has 25 heavy (non-hydrogen) atoms. The number of aromatic nitrogens is 2. The minimum Gasteiger partial charge on any atom is -0.453 e. The molecule has 0 radical (unpaired) electrons. The first-order chi connectivity index (χ1) is 12.0. The average molecular weight is 426 g/mol. The number of ether oxygens (including phenoxy) is 1. The molecule has 9 heteroatoms. The number of benzene rings is 1. The van der Waals surface area contributed by atoms with Gasteiger partial charge in [0.15, 0.2) is 16.7 Å². The highest BCUT2D eigenvalue weighted by atomic mass is 79.9. The van der Waals surface area contributed by atoms with Crippen LogP contribution < -0.4 is 10.1 Å². The van der Waals surface area contributed by atoms with E-state index in [0.717, 1.165) is 0 Å². The van der Waals surface area contributed by atoms with E-state index in [0.29, 0.717) is 32.6 Å². The van der Waals surface area contributed by atoms with Crippen LogP contribution >= 0.6 is 27.3 Å². The van der Waals surface area contributed by atoms with Gasteiger partial charge in [-0.25, -0.2) is 14.4 Å². The summed E-state index contributed by atoms with van der Waals surface area (Å²) in [6.45, 7) is -0.404. The highest BCUT2D eigenvalue weighted by Gasteiger charge is 2.14. The first kappa shape index (κ1) is 17.7. The summed E-state index contributed by atoms with van der Waals surface area (Å²) in [5, 5.41) is 23.7. The molecule has 0 aliphatic carbocycles. The quantitative estimate of drug-likeness (QED) is 0.553. The van der Waals surface area contributed by atoms with Gasteiger partial charge < -0.3 is 20.3 Å². The molecule has 0 unspecified atom stereocenters. The molecule has 0 bridgehead atoms. The fraction of sp³-hybridized carbons (Fsp3) is 0.125. The van der Waals surface area contributed by atoms with Crippen LogP contribution in [0.2, 0.25) is 0 Å². The van der Waals surface area contributed by atoms with Crippen molar-refractivity contribution in [3.05, 3.63) is 57.9 Å². The van der Waals surface area contributed by atoms with Crippen molar-refractivity contribution >= 4 is 38.2 Å². The van der Waals surface area contributed by atoms with E-state index in [4.69, 9.17) is 9.84 Å². The van der Waals surface area contributed by atoms with Crippen LogP contribution in [0.1, 0.15) is 11.8 Å². The molecule has 0 amide bonds. The summed E-state index contributed by atoms with van der Waals surface area (Å²) in [6, 6.07) is 7.35. The smallest absolute Gasteiger partial charge is 0.188 e. The van der Waals surface area contributed by atoms with Crippen LogP contribution in [0.4, 0.5) is 15.3 Å². The minimum atomic E-state index is -1.03. The number of hydrogen-bond acceptors (Lipinski definition) is 7. The summed E-state index contributed by atoms with van der Waals surface area (Å²) in [6.07, 6.45) is 0.566. The Morgan fingerprint density at radius 3 is 2.80 bits per heavy atom. The van der Waals surface area contributed by atoms with Gasteiger partial charge in [0.05, 0.1) is 12.3 Å². The van der Waals surface area contributed by atoms with Gasteiger partial charge in [0.2, 0.25) is 0 Å². The summed E-state index contributed by atoms with van der Waals surface area (Å²) in [5.74, 6) is 0.933. The SMILES string of the molecule is OC[C@H](O)c1csc(Nc2ncc(Br)cc2Oc2ccc(F)cc2)n1. The molecule has 6 nitrogen and oxygen atoms in total. The number of pyridine rings is 1. The number of aliphatic hydroxyl groups excluding tert-OH is 2. The third-order valence-electron chi connectivity index (χ3n) is 3.12. The second kappa shape index (κ2) is 7.87. The number of nitrogens with zero attached hydrogens (tertiary/aromatic N) is 2. The minimum absolute atomic E-state index is 0.351. The first-order valence-electron chi connectivity index (χ1n) is 7.15. The Bertz CT molecular complexity index is 860. The van der Waals surface area contributed by atoms with Gasteiger partial charge in [-0.3, -0.25) is 0 Å². The number of anilines is 2. The van der Waals surface area contributed by atoms with Crippen LogP contribution in [0.3, 0.4) is 0 Å². The highest BCUT2D eigenvalue weighted by Crippen LogP contribution is 2.33. The van der Waals surface area contributed by atoms with Gasteiger partial charge in [-0.05, 0) is 40.2 Å². The zero-order chi connectivity index (χ0) is 17.8. The molecule has 2 heterocycles. The molecule has 1 atom stereocenters. The molecule has 0 saturated carbocycles. The third kappa shape index (κ3) is 4.51. The molecule has 3 N–H and O–H groups in total. The van der Waals surface area contributed by atoms with E-state index in [-0.39, 0.29) is 5.82 Å². The maximum atomic E-state index is 13.0. The zero-order valence-corrected chi connectivity index (χ0v) is 15.1. The lowest BCUT2D eigenvalue weighted by molar-refractivity contribution is 0.0928. The van der Waals surface area contributed by atoms with Crippen molar-refractivity contribution in [2.24, 2.45) is 0 Å². The number of thiazole rings is 1. The van der Waals surface area contributed by atoms with Crippen molar-refractivity contribution < 1.29 is 19.3 Å². The van der Waals surface area contributed by atoms with Gasteiger partial charge in [0.1, 0.15) is 17.7 Å². The summed E-state index contributed by atoms with van der Waals surface area (Å²) in [7, 11) is 0. The maximum absolute atomic E-state index is 13.0. The Morgan fingerprint density at radius 1 is 1.32 bits per heavy atom. The molecule has 2 aromatic heterocycles. The summed E-state index contributed by atoms with van der Waals surface area (Å²) in [5.41, 5.74) is 0.369. The van der Waals surface area contributed by atoms with Crippen molar-refractivity contribution in [3.8, 4) is 11.5 Å². The number of rotatable bonds is 6. The highest BCUT2D eigenvalue weighted by molar-refractivity contribution is 9.10. The van der Waals surface area contributed by atoms with E-state index in [1.165, 1.54) is 35.6 Å². The third-order valence-corrected chi connectivity index (χ3v) is 4.33. The standard InChI is InChI=1S/C16H13BrFN3O3S/c17-9-5-14(24-11-3-1-10(18)2-4-11)15(19-6-9)21-16-20-12(8-25-16)13(23)7-22/h1-6,8,13,22-23H,7H2,(H,19,20,21)/t13-/m0/s1. The molecule has 0 spiro atoms. The predicted octanol–water partition coefficient (Wildman–Crippen LogP) is 4.00. The Labute approximate surface area is 155 Å². The van der Waals surface area contributed by atoms with Gasteiger partial charge in [0.25, 0.3) is 0 Å². The lowest BCUT2D eigenvalue weighted by atomic mass is 10.3. The summed E-state index contributed by atoms with van der Waals surface area (Å²) in [4.78, 5) is 8.46. The lowest BCUT2D eigenvalue weighted by Gasteiger charge is -2.11. The predicted molar refractivity (Wildman–Crippen MR) is 95.9 cm³/mol. The molecular weight excluding hydrogens is 413 g/mol.